The molecule has 1 fully saturated rings. The van der Waals surface area contributed by atoms with Crippen LogP contribution in [-0.2, 0) is 6.54 Å². The van der Waals surface area contributed by atoms with Gasteiger partial charge in [0.15, 0.2) is 0 Å². The summed E-state index contributed by atoms with van der Waals surface area (Å²) in [5.74, 6) is 0.243. The molecule has 2 aromatic rings. The van der Waals surface area contributed by atoms with Gasteiger partial charge in [-0.1, -0.05) is 12.1 Å². The highest BCUT2D eigenvalue weighted by atomic mass is 32.2. The summed E-state index contributed by atoms with van der Waals surface area (Å²) in [5, 5.41) is 2.70. The van der Waals surface area contributed by atoms with Crippen molar-refractivity contribution >= 4 is 23.4 Å². The number of anilines is 1. The van der Waals surface area contributed by atoms with Crippen LogP contribution in [0.4, 0.5) is 14.5 Å². The second-order valence-corrected chi connectivity index (χ2v) is 7.34. The fourth-order valence-electron chi connectivity index (χ4n) is 2.78. The molecule has 1 aliphatic rings. The van der Waals surface area contributed by atoms with Gasteiger partial charge in [-0.15, -0.1) is 0 Å². The van der Waals surface area contributed by atoms with Crippen LogP contribution in [0, 0.1) is 18.6 Å². The van der Waals surface area contributed by atoms with Gasteiger partial charge < -0.3 is 5.32 Å². The number of thioether (sulfide) groups is 1. The quantitative estimate of drug-likeness (QED) is 0.890. The molecule has 6 heteroatoms. The molecule has 0 aliphatic carbocycles. The Hall–Kier alpha value is -1.92. The fraction of sp³-hybridized carbons (Fsp3) is 0.316. The molecule has 0 aromatic heterocycles. The lowest BCUT2D eigenvalue weighted by Gasteiger charge is -2.26. The normalized spacial score (nSPS) is 15.2. The monoisotopic (exact) mass is 362 g/mol. The molecule has 0 saturated carbocycles. The van der Waals surface area contributed by atoms with E-state index in [4.69, 9.17) is 0 Å². The van der Waals surface area contributed by atoms with Crippen molar-refractivity contribution in [2.24, 2.45) is 0 Å². The van der Waals surface area contributed by atoms with Crippen LogP contribution < -0.4 is 5.32 Å². The number of amides is 1. The van der Waals surface area contributed by atoms with Crippen LogP contribution in [-0.4, -0.2) is 35.4 Å². The van der Waals surface area contributed by atoms with E-state index < -0.39 is 17.5 Å². The standard InChI is InChI=1S/C19H20F2N2OS/c1-13-2-3-14(12-23-6-8-25-9-7-23)10-18(13)22-19(24)16-11-15(20)4-5-17(16)21/h2-5,10-11H,6-9,12H2,1H3,(H,22,24). The molecular weight excluding hydrogens is 342 g/mol. The van der Waals surface area contributed by atoms with E-state index in [9.17, 15) is 13.6 Å². The number of carbonyl (C=O) groups excluding carboxylic acids is 1. The number of nitrogens with zero attached hydrogens (tertiary/aromatic N) is 1. The van der Waals surface area contributed by atoms with Gasteiger partial charge in [-0.2, -0.15) is 11.8 Å². The van der Waals surface area contributed by atoms with E-state index in [0.717, 1.165) is 60.5 Å². The predicted octanol–water partition coefficient (Wildman–Crippen LogP) is 4.07. The second kappa shape index (κ2) is 7.97. The van der Waals surface area contributed by atoms with Crippen LogP contribution in [0.1, 0.15) is 21.5 Å². The first-order valence-electron chi connectivity index (χ1n) is 8.19. The van der Waals surface area contributed by atoms with Gasteiger partial charge in [0, 0.05) is 36.8 Å². The number of halogens is 2. The molecule has 0 radical (unpaired) electrons. The number of carbonyl (C=O) groups is 1. The van der Waals surface area contributed by atoms with Gasteiger partial charge in [-0.05, 0) is 42.3 Å². The van der Waals surface area contributed by atoms with Crippen LogP contribution in [0.15, 0.2) is 36.4 Å². The number of nitrogens with one attached hydrogen (secondary N) is 1. The molecule has 1 saturated heterocycles. The first-order chi connectivity index (χ1) is 12.0. The van der Waals surface area contributed by atoms with Gasteiger partial charge in [-0.25, -0.2) is 8.78 Å². The van der Waals surface area contributed by atoms with E-state index in [-0.39, 0.29) is 5.56 Å². The van der Waals surface area contributed by atoms with Crippen LogP contribution in [0.2, 0.25) is 0 Å². The van der Waals surface area contributed by atoms with Crippen molar-refractivity contribution in [1.82, 2.24) is 4.90 Å². The van der Waals surface area contributed by atoms with Crippen molar-refractivity contribution in [3.8, 4) is 0 Å². The Bertz CT molecular complexity index is 776. The molecule has 3 rings (SSSR count). The average molecular weight is 362 g/mol. The molecule has 0 atom stereocenters. The van der Waals surface area contributed by atoms with Gasteiger partial charge in [0.05, 0.1) is 5.56 Å². The molecule has 25 heavy (non-hydrogen) atoms. The molecular formula is C19H20F2N2OS. The summed E-state index contributed by atoms with van der Waals surface area (Å²) in [6, 6.07) is 8.75. The van der Waals surface area contributed by atoms with Crippen molar-refractivity contribution in [1.29, 1.82) is 0 Å². The first kappa shape index (κ1) is 17.9. The zero-order chi connectivity index (χ0) is 17.8. The number of aryl methyl sites for hydroxylation is 1. The lowest BCUT2D eigenvalue weighted by atomic mass is 10.1. The second-order valence-electron chi connectivity index (χ2n) is 6.12. The minimum absolute atomic E-state index is 0.294. The van der Waals surface area contributed by atoms with E-state index >= 15 is 0 Å². The third-order valence-electron chi connectivity index (χ3n) is 4.23. The number of rotatable bonds is 4. The first-order valence-corrected chi connectivity index (χ1v) is 9.34. The van der Waals surface area contributed by atoms with E-state index in [1.807, 2.05) is 36.9 Å². The number of benzene rings is 2. The summed E-state index contributed by atoms with van der Waals surface area (Å²) in [6.45, 7) is 4.79. The van der Waals surface area contributed by atoms with E-state index in [0.29, 0.717) is 5.69 Å². The molecule has 0 unspecified atom stereocenters. The highest BCUT2D eigenvalue weighted by Crippen LogP contribution is 2.21. The third kappa shape index (κ3) is 4.58. The fourth-order valence-corrected chi connectivity index (χ4v) is 3.76. The molecule has 3 nitrogen and oxygen atoms in total. The Kier molecular flexibility index (Phi) is 5.71. The zero-order valence-electron chi connectivity index (χ0n) is 14.0. The van der Waals surface area contributed by atoms with Crippen LogP contribution in [0.25, 0.3) is 0 Å². The molecule has 2 aromatic carbocycles. The largest absolute Gasteiger partial charge is 0.322 e. The summed E-state index contributed by atoms with van der Waals surface area (Å²) in [7, 11) is 0. The summed E-state index contributed by atoms with van der Waals surface area (Å²) in [4.78, 5) is 14.7. The highest BCUT2D eigenvalue weighted by molar-refractivity contribution is 7.99. The molecule has 132 valence electrons. The van der Waals surface area contributed by atoms with E-state index in [2.05, 4.69) is 10.2 Å². The lowest BCUT2D eigenvalue weighted by Crippen LogP contribution is -2.32. The summed E-state index contributed by atoms with van der Waals surface area (Å²) >= 11 is 1.96. The molecule has 0 bridgehead atoms. The number of hydrogen-bond acceptors (Lipinski definition) is 3. The molecule has 1 N–H and O–H groups in total. The Labute approximate surface area is 150 Å². The Morgan fingerprint density at radius 1 is 1.16 bits per heavy atom. The van der Waals surface area contributed by atoms with Crippen molar-refractivity contribution in [2.45, 2.75) is 13.5 Å². The van der Waals surface area contributed by atoms with Crippen molar-refractivity contribution < 1.29 is 13.6 Å². The molecule has 0 spiro atoms. The summed E-state index contributed by atoms with van der Waals surface area (Å²) < 4.78 is 27.1. The van der Waals surface area contributed by atoms with Crippen molar-refractivity contribution in [2.75, 3.05) is 29.9 Å². The molecule has 1 amide bonds. The molecule has 1 aliphatic heterocycles. The predicted molar refractivity (Wildman–Crippen MR) is 98.1 cm³/mol. The maximum Gasteiger partial charge on any atom is 0.258 e. The number of hydrogen-bond donors (Lipinski definition) is 1. The van der Waals surface area contributed by atoms with Crippen LogP contribution in [0.3, 0.4) is 0 Å². The zero-order valence-corrected chi connectivity index (χ0v) is 14.8. The minimum atomic E-state index is -0.737. The van der Waals surface area contributed by atoms with Crippen LogP contribution >= 0.6 is 11.8 Å². The third-order valence-corrected chi connectivity index (χ3v) is 5.18. The molecule has 1 heterocycles. The van der Waals surface area contributed by atoms with Crippen LogP contribution in [0.5, 0.6) is 0 Å². The maximum absolute atomic E-state index is 13.8. The van der Waals surface area contributed by atoms with Gasteiger partial charge in [0.2, 0.25) is 0 Å². The highest BCUT2D eigenvalue weighted by Gasteiger charge is 2.15. The lowest BCUT2D eigenvalue weighted by molar-refractivity contribution is 0.102. The smallest absolute Gasteiger partial charge is 0.258 e. The summed E-state index contributed by atoms with van der Waals surface area (Å²) in [5.41, 5.74) is 2.30. The Balaban J connectivity index is 1.76. The van der Waals surface area contributed by atoms with Gasteiger partial charge in [0.1, 0.15) is 11.6 Å². The van der Waals surface area contributed by atoms with Crippen molar-refractivity contribution in [3.05, 3.63) is 64.7 Å². The Morgan fingerprint density at radius 2 is 1.92 bits per heavy atom. The Morgan fingerprint density at radius 3 is 2.68 bits per heavy atom. The minimum Gasteiger partial charge on any atom is -0.322 e. The SMILES string of the molecule is Cc1ccc(CN2CCSCC2)cc1NC(=O)c1cc(F)ccc1F. The van der Waals surface area contributed by atoms with Gasteiger partial charge >= 0.3 is 0 Å². The van der Waals surface area contributed by atoms with Crippen molar-refractivity contribution in [3.63, 3.8) is 0 Å². The van der Waals surface area contributed by atoms with Gasteiger partial charge in [0.25, 0.3) is 5.91 Å². The maximum atomic E-state index is 13.8. The van der Waals surface area contributed by atoms with Gasteiger partial charge in [-0.3, -0.25) is 9.69 Å². The van der Waals surface area contributed by atoms with E-state index in [1.165, 1.54) is 0 Å². The topological polar surface area (TPSA) is 32.3 Å². The summed E-state index contributed by atoms with van der Waals surface area (Å²) in [6.07, 6.45) is 0. The van der Waals surface area contributed by atoms with E-state index in [1.54, 1.807) is 0 Å². The average Bonchev–Trinajstić information content (AvgIpc) is 2.61.